The summed E-state index contributed by atoms with van der Waals surface area (Å²) in [6.07, 6.45) is 16.5. The summed E-state index contributed by atoms with van der Waals surface area (Å²) in [5, 5.41) is 18.7. The molecule has 0 saturated heterocycles. The van der Waals surface area contributed by atoms with Gasteiger partial charge in [-0.2, -0.15) is 0 Å². The first-order valence-corrected chi connectivity index (χ1v) is 13.7. The summed E-state index contributed by atoms with van der Waals surface area (Å²) in [4.78, 5) is 24.1. The second-order valence-electron chi connectivity index (χ2n) is 12.7. The van der Waals surface area contributed by atoms with E-state index in [4.69, 9.17) is 5.11 Å². The fourth-order valence-corrected chi connectivity index (χ4v) is 9.03. The van der Waals surface area contributed by atoms with Crippen molar-refractivity contribution in [1.82, 2.24) is 0 Å². The number of aliphatic carboxylic acids is 1. The van der Waals surface area contributed by atoms with E-state index in [1.165, 1.54) is 44.1 Å². The standard InChI is InChI=1S/C29H46O4/c1-27(19-25(32)33)13-11-24-26-20(9-7-5-4-6-8-16-30)17-21-18-22(31)10-14-28(21,2)23(26)12-15-29(24,27)3/h18,20,23-24,26,30H,4-17,19H2,1-3H3,(H,32,33)/t20-,23+,24+,26-,27-,28+,29+/m1/s1. The average Bonchev–Trinajstić information content (AvgIpc) is 3.01. The smallest absolute Gasteiger partial charge is 0.303 e. The molecule has 33 heavy (non-hydrogen) atoms. The molecular weight excluding hydrogens is 412 g/mol. The fourth-order valence-electron chi connectivity index (χ4n) is 9.03. The topological polar surface area (TPSA) is 74.6 Å². The van der Waals surface area contributed by atoms with Gasteiger partial charge in [0.05, 0.1) is 6.42 Å². The third-order valence-corrected chi connectivity index (χ3v) is 11.2. The van der Waals surface area contributed by atoms with Crippen LogP contribution in [0.25, 0.3) is 0 Å². The molecule has 7 atom stereocenters. The van der Waals surface area contributed by atoms with Crippen LogP contribution in [-0.4, -0.2) is 28.6 Å². The summed E-state index contributed by atoms with van der Waals surface area (Å²) in [6, 6.07) is 0. The van der Waals surface area contributed by atoms with Gasteiger partial charge in [-0.3, -0.25) is 9.59 Å². The van der Waals surface area contributed by atoms with Crippen LogP contribution < -0.4 is 0 Å². The SMILES string of the molecule is C[C@]1(CC(=O)O)CC[C@H]2[C@@H]3[C@H](CCCCCCCO)CC4=CC(=O)CC[C@]4(C)[C@H]3CC[C@@]21C. The molecule has 0 spiro atoms. The minimum atomic E-state index is -0.646. The fraction of sp³-hybridized carbons (Fsp3) is 0.862. The highest BCUT2D eigenvalue weighted by Crippen LogP contribution is 2.71. The largest absolute Gasteiger partial charge is 0.481 e. The van der Waals surface area contributed by atoms with Gasteiger partial charge in [0.25, 0.3) is 0 Å². The molecule has 4 heteroatoms. The summed E-state index contributed by atoms with van der Waals surface area (Å²) in [7, 11) is 0. The van der Waals surface area contributed by atoms with E-state index < -0.39 is 5.97 Å². The Morgan fingerprint density at radius 2 is 1.70 bits per heavy atom. The third kappa shape index (κ3) is 4.34. The Morgan fingerprint density at radius 1 is 1.00 bits per heavy atom. The number of hydrogen-bond donors (Lipinski definition) is 2. The normalized spacial score (nSPS) is 42.3. The lowest BCUT2D eigenvalue weighted by Gasteiger charge is -2.62. The van der Waals surface area contributed by atoms with E-state index in [1.54, 1.807) is 0 Å². The third-order valence-electron chi connectivity index (χ3n) is 11.2. The Morgan fingerprint density at radius 3 is 2.42 bits per heavy atom. The van der Waals surface area contributed by atoms with E-state index in [9.17, 15) is 14.7 Å². The molecular formula is C29H46O4. The van der Waals surface area contributed by atoms with Crippen LogP contribution in [0, 0.1) is 39.9 Å². The van der Waals surface area contributed by atoms with Gasteiger partial charge in [-0.25, -0.2) is 0 Å². The van der Waals surface area contributed by atoms with Gasteiger partial charge in [-0.15, -0.1) is 0 Å². The Bertz CT molecular complexity index is 786. The monoisotopic (exact) mass is 458 g/mol. The molecule has 0 amide bonds. The van der Waals surface area contributed by atoms with Crippen LogP contribution in [0.5, 0.6) is 0 Å². The molecule has 3 fully saturated rings. The summed E-state index contributed by atoms with van der Waals surface area (Å²) in [6.45, 7) is 7.42. The van der Waals surface area contributed by atoms with Gasteiger partial charge < -0.3 is 10.2 Å². The van der Waals surface area contributed by atoms with Gasteiger partial charge in [0.1, 0.15) is 0 Å². The van der Waals surface area contributed by atoms with Crippen molar-refractivity contribution in [3.63, 3.8) is 0 Å². The number of fused-ring (bicyclic) bond motifs is 5. The van der Waals surface area contributed by atoms with E-state index in [-0.39, 0.29) is 16.2 Å². The molecule has 0 heterocycles. The van der Waals surface area contributed by atoms with Crippen molar-refractivity contribution in [3.8, 4) is 0 Å². The molecule has 0 aromatic heterocycles. The first-order valence-electron chi connectivity index (χ1n) is 13.7. The number of aliphatic hydroxyl groups excluding tert-OH is 1. The molecule has 4 nitrogen and oxygen atoms in total. The highest BCUT2D eigenvalue weighted by Gasteiger charge is 2.64. The van der Waals surface area contributed by atoms with Gasteiger partial charge in [0, 0.05) is 13.0 Å². The van der Waals surface area contributed by atoms with Crippen LogP contribution in [0.15, 0.2) is 11.6 Å². The van der Waals surface area contributed by atoms with Gasteiger partial charge in [-0.05, 0) is 97.4 Å². The Labute approximate surface area is 200 Å². The number of carboxylic acid groups (broad SMARTS) is 1. The molecule has 0 aromatic rings. The summed E-state index contributed by atoms with van der Waals surface area (Å²) < 4.78 is 0. The van der Waals surface area contributed by atoms with Crippen LogP contribution in [0.2, 0.25) is 0 Å². The predicted octanol–water partition coefficient (Wildman–Crippen LogP) is 6.56. The average molecular weight is 459 g/mol. The van der Waals surface area contributed by atoms with Crippen LogP contribution in [0.3, 0.4) is 0 Å². The number of aliphatic hydroxyl groups is 1. The Hall–Kier alpha value is -1.16. The van der Waals surface area contributed by atoms with Crippen LogP contribution in [0.1, 0.15) is 111 Å². The number of allylic oxidation sites excluding steroid dienone is 1. The quantitative estimate of drug-likeness (QED) is 0.384. The zero-order valence-corrected chi connectivity index (χ0v) is 21.2. The molecule has 0 aliphatic heterocycles. The summed E-state index contributed by atoms with van der Waals surface area (Å²) in [5.74, 6) is 2.19. The molecule has 3 saturated carbocycles. The maximum Gasteiger partial charge on any atom is 0.303 e. The maximum absolute atomic E-state index is 12.4. The minimum absolute atomic E-state index is 0.105. The first-order chi connectivity index (χ1) is 15.6. The number of carbonyl (C=O) groups excluding carboxylic acids is 1. The zero-order chi connectivity index (χ0) is 23.9. The number of rotatable bonds is 9. The molecule has 2 N–H and O–H groups in total. The van der Waals surface area contributed by atoms with Crippen LogP contribution in [0.4, 0.5) is 0 Å². The minimum Gasteiger partial charge on any atom is -0.481 e. The zero-order valence-electron chi connectivity index (χ0n) is 21.2. The van der Waals surface area contributed by atoms with Crippen molar-refractivity contribution in [2.24, 2.45) is 39.9 Å². The number of ketones is 1. The lowest BCUT2D eigenvalue weighted by Crippen LogP contribution is -2.55. The summed E-state index contributed by atoms with van der Waals surface area (Å²) in [5.41, 5.74) is 1.58. The molecule has 0 aromatic carbocycles. The molecule has 4 aliphatic rings. The predicted molar refractivity (Wildman–Crippen MR) is 131 cm³/mol. The molecule has 4 rings (SSSR count). The number of carbonyl (C=O) groups is 2. The van der Waals surface area contributed by atoms with Crippen LogP contribution >= 0.6 is 0 Å². The van der Waals surface area contributed by atoms with Crippen molar-refractivity contribution in [2.75, 3.05) is 6.61 Å². The summed E-state index contributed by atoms with van der Waals surface area (Å²) >= 11 is 0. The van der Waals surface area contributed by atoms with E-state index in [0.29, 0.717) is 48.9 Å². The molecule has 186 valence electrons. The van der Waals surface area contributed by atoms with Crippen LogP contribution in [-0.2, 0) is 9.59 Å². The van der Waals surface area contributed by atoms with Gasteiger partial charge in [-0.1, -0.05) is 52.0 Å². The van der Waals surface area contributed by atoms with Gasteiger partial charge >= 0.3 is 5.97 Å². The Kier molecular flexibility index (Phi) is 7.16. The molecule has 4 aliphatic carbocycles. The number of unbranched alkanes of at least 4 members (excludes halogenated alkanes) is 4. The van der Waals surface area contributed by atoms with Gasteiger partial charge in [0.15, 0.2) is 5.78 Å². The molecule has 0 bridgehead atoms. The number of carboxylic acids is 1. The lowest BCUT2D eigenvalue weighted by atomic mass is 9.43. The van der Waals surface area contributed by atoms with E-state index in [2.05, 4.69) is 20.8 Å². The second kappa shape index (κ2) is 9.47. The molecule has 0 radical (unpaired) electrons. The van der Waals surface area contributed by atoms with Crippen molar-refractivity contribution in [2.45, 2.75) is 111 Å². The van der Waals surface area contributed by atoms with Crippen molar-refractivity contribution >= 4 is 11.8 Å². The lowest BCUT2D eigenvalue weighted by molar-refractivity contribution is -0.145. The highest BCUT2D eigenvalue weighted by atomic mass is 16.4. The van der Waals surface area contributed by atoms with E-state index in [1.807, 2.05) is 6.08 Å². The highest BCUT2D eigenvalue weighted by molar-refractivity contribution is 5.91. The van der Waals surface area contributed by atoms with Gasteiger partial charge in [0.2, 0.25) is 0 Å². The van der Waals surface area contributed by atoms with Crippen molar-refractivity contribution in [3.05, 3.63) is 11.6 Å². The second-order valence-corrected chi connectivity index (χ2v) is 12.7. The first kappa shape index (κ1) is 24.9. The van der Waals surface area contributed by atoms with Crippen molar-refractivity contribution in [1.29, 1.82) is 0 Å². The molecule has 0 unspecified atom stereocenters. The number of hydrogen-bond acceptors (Lipinski definition) is 3. The maximum atomic E-state index is 12.4. The van der Waals surface area contributed by atoms with E-state index >= 15 is 0 Å². The Balaban J connectivity index is 1.59. The van der Waals surface area contributed by atoms with E-state index in [0.717, 1.165) is 38.5 Å². The van der Waals surface area contributed by atoms with Crippen molar-refractivity contribution < 1.29 is 19.8 Å².